The SMILES string of the molecule is NCCNCc1cn2c(C(=O)NCC34CC5CC6CC(C3)C6(C5)C4)cccc2n1. The Balaban J connectivity index is 1.18. The summed E-state index contributed by atoms with van der Waals surface area (Å²) in [5, 5.41) is 6.59. The quantitative estimate of drug-likeness (QED) is 0.631. The largest absolute Gasteiger partial charge is 0.350 e. The molecule has 0 aromatic carbocycles. The Hall–Kier alpha value is -1.92. The number of nitrogens with one attached hydrogen (secondary N) is 2. The smallest absolute Gasteiger partial charge is 0.268 e. The molecule has 6 nitrogen and oxygen atoms in total. The van der Waals surface area contributed by atoms with Gasteiger partial charge in [0.25, 0.3) is 5.91 Å². The Bertz CT molecular complexity index is 965. The molecule has 2 aromatic heterocycles. The highest BCUT2D eigenvalue weighted by molar-refractivity contribution is 5.93. The molecule has 154 valence electrons. The second-order valence-electron chi connectivity index (χ2n) is 10.3. The molecule has 0 radical (unpaired) electrons. The summed E-state index contributed by atoms with van der Waals surface area (Å²) < 4.78 is 1.92. The molecule has 4 aliphatic carbocycles. The third-order valence-electron chi connectivity index (χ3n) is 8.61. The number of pyridine rings is 1. The molecule has 4 fully saturated rings. The molecular weight excluding hydrogens is 362 g/mol. The summed E-state index contributed by atoms with van der Waals surface area (Å²) in [4.78, 5) is 17.8. The van der Waals surface area contributed by atoms with Gasteiger partial charge in [-0.1, -0.05) is 6.07 Å². The number of amides is 1. The van der Waals surface area contributed by atoms with Crippen molar-refractivity contribution in [1.29, 1.82) is 0 Å². The van der Waals surface area contributed by atoms with Crippen LogP contribution in [0.15, 0.2) is 24.4 Å². The van der Waals surface area contributed by atoms with Gasteiger partial charge in [-0.25, -0.2) is 4.98 Å². The summed E-state index contributed by atoms with van der Waals surface area (Å²) in [5.41, 5.74) is 8.99. The second-order valence-corrected chi connectivity index (χ2v) is 10.3. The minimum Gasteiger partial charge on any atom is -0.350 e. The van der Waals surface area contributed by atoms with Gasteiger partial charge >= 0.3 is 0 Å². The fraction of sp³-hybridized carbons (Fsp3) is 0.652. The molecule has 29 heavy (non-hydrogen) atoms. The van der Waals surface area contributed by atoms with Gasteiger partial charge in [0, 0.05) is 32.4 Å². The van der Waals surface area contributed by atoms with Gasteiger partial charge in [0.2, 0.25) is 0 Å². The summed E-state index contributed by atoms with van der Waals surface area (Å²) in [6.07, 6.45) is 10.4. The number of hydrogen-bond donors (Lipinski definition) is 3. The Morgan fingerprint density at radius 3 is 3.07 bits per heavy atom. The molecule has 0 saturated heterocycles. The first-order chi connectivity index (χ1) is 14.1. The molecule has 4 aliphatic rings. The molecule has 3 bridgehead atoms. The van der Waals surface area contributed by atoms with Gasteiger partial charge in [0.1, 0.15) is 11.3 Å². The fourth-order valence-corrected chi connectivity index (χ4v) is 7.75. The highest BCUT2D eigenvalue weighted by atomic mass is 16.1. The van der Waals surface area contributed by atoms with Crippen LogP contribution in [0, 0.1) is 28.6 Å². The third kappa shape index (κ3) is 2.61. The number of nitrogens with two attached hydrogens (primary N) is 1. The predicted molar refractivity (Wildman–Crippen MR) is 111 cm³/mol. The number of carbonyl (C=O) groups is 1. The highest BCUT2D eigenvalue weighted by Gasteiger charge is 2.70. The van der Waals surface area contributed by atoms with Crippen LogP contribution in [-0.2, 0) is 6.54 Å². The molecule has 1 amide bonds. The van der Waals surface area contributed by atoms with E-state index in [4.69, 9.17) is 5.73 Å². The molecule has 5 atom stereocenters. The van der Waals surface area contributed by atoms with E-state index in [-0.39, 0.29) is 5.91 Å². The number of hydrogen-bond acceptors (Lipinski definition) is 4. The summed E-state index contributed by atoms with van der Waals surface area (Å²) in [5.74, 6) is 2.88. The van der Waals surface area contributed by atoms with Crippen molar-refractivity contribution >= 4 is 11.6 Å². The predicted octanol–water partition coefficient (Wildman–Crippen LogP) is 2.33. The van der Waals surface area contributed by atoms with Crippen LogP contribution in [0.5, 0.6) is 0 Å². The van der Waals surface area contributed by atoms with Gasteiger partial charge in [-0.15, -0.1) is 0 Å². The third-order valence-corrected chi connectivity index (χ3v) is 8.61. The van der Waals surface area contributed by atoms with Crippen molar-refractivity contribution in [3.05, 3.63) is 35.8 Å². The molecule has 2 heterocycles. The van der Waals surface area contributed by atoms with E-state index in [9.17, 15) is 4.79 Å². The molecule has 0 aliphatic heterocycles. The van der Waals surface area contributed by atoms with Crippen molar-refractivity contribution in [1.82, 2.24) is 20.0 Å². The van der Waals surface area contributed by atoms with Crippen LogP contribution in [0.1, 0.15) is 54.7 Å². The maximum Gasteiger partial charge on any atom is 0.268 e. The number of fused-ring (bicyclic) bond motifs is 3. The van der Waals surface area contributed by atoms with Crippen LogP contribution >= 0.6 is 0 Å². The molecule has 2 aromatic rings. The van der Waals surface area contributed by atoms with Crippen LogP contribution < -0.4 is 16.4 Å². The zero-order valence-electron chi connectivity index (χ0n) is 17.0. The van der Waals surface area contributed by atoms with Gasteiger partial charge < -0.3 is 16.4 Å². The minimum atomic E-state index is 0.0232. The number of nitrogens with zero attached hydrogens (tertiary/aromatic N) is 2. The average molecular weight is 394 g/mol. The van der Waals surface area contributed by atoms with Crippen molar-refractivity contribution in [2.75, 3.05) is 19.6 Å². The van der Waals surface area contributed by atoms with Crippen LogP contribution in [0.3, 0.4) is 0 Å². The molecule has 1 spiro atoms. The molecule has 6 heteroatoms. The second kappa shape index (κ2) is 6.29. The Morgan fingerprint density at radius 1 is 1.24 bits per heavy atom. The zero-order valence-corrected chi connectivity index (χ0v) is 17.0. The lowest BCUT2D eigenvalue weighted by atomic mass is 9.55. The monoisotopic (exact) mass is 393 g/mol. The number of imidazole rings is 1. The van der Waals surface area contributed by atoms with E-state index in [1.54, 1.807) is 0 Å². The van der Waals surface area contributed by atoms with E-state index in [0.717, 1.165) is 42.2 Å². The normalized spacial score (nSPS) is 36.4. The maximum absolute atomic E-state index is 13.1. The number of carbonyl (C=O) groups excluding carboxylic acids is 1. The Morgan fingerprint density at radius 2 is 2.17 bits per heavy atom. The lowest BCUT2D eigenvalue weighted by molar-refractivity contribution is -0.00254. The topological polar surface area (TPSA) is 84.4 Å². The van der Waals surface area contributed by atoms with Gasteiger partial charge in [-0.05, 0) is 79.2 Å². The molecular formula is C23H31N5O. The van der Waals surface area contributed by atoms with E-state index in [1.165, 1.54) is 38.5 Å². The first kappa shape index (κ1) is 17.9. The Labute approximate surface area is 171 Å². The molecule has 4 saturated carbocycles. The number of rotatable bonds is 7. The zero-order chi connectivity index (χ0) is 19.6. The van der Waals surface area contributed by atoms with Crippen molar-refractivity contribution in [2.45, 2.75) is 45.1 Å². The van der Waals surface area contributed by atoms with E-state index in [1.807, 2.05) is 28.8 Å². The van der Waals surface area contributed by atoms with Crippen LogP contribution in [0.2, 0.25) is 0 Å². The highest BCUT2D eigenvalue weighted by Crippen LogP contribution is 2.78. The summed E-state index contributed by atoms with van der Waals surface area (Å²) in [6, 6.07) is 5.78. The van der Waals surface area contributed by atoms with Gasteiger partial charge in [-0.3, -0.25) is 9.20 Å². The number of aromatic nitrogens is 2. The molecule has 5 unspecified atom stereocenters. The standard InChI is InChI=1S/C23H31N5O/c24-4-5-25-11-18-12-28-19(2-1-3-20(28)27-18)21(29)26-14-22-8-15-6-16-7-17(10-22)23(16,9-15)13-22/h1-3,12,15-17,25H,4-11,13-14,24H2,(H,26,29). The lowest BCUT2D eigenvalue weighted by Crippen LogP contribution is -2.43. The van der Waals surface area contributed by atoms with Crippen molar-refractivity contribution in [3.8, 4) is 0 Å². The summed E-state index contributed by atoms with van der Waals surface area (Å²) in [6.45, 7) is 2.86. The summed E-state index contributed by atoms with van der Waals surface area (Å²) >= 11 is 0. The van der Waals surface area contributed by atoms with E-state index in [0.29, 0.717) is 29.6 Å². The first-order valence-electron chi connectivity index (χ1n) is 11.3. The Kier molecular flexibility index (Phi) is 3.88. The van der Waals surface area contributed by atoms with E-state index in [2.05, 4.69) is 15.6 Å². The van der Waals surface area contributed by atoms with Gasteiger partial charge in [-0.2, -0.15) is 0 Å². The maximum atomic E-state index is 13.1. The lowest BCUT2D eigenvalue weighted by Gasteiger charge is -2.49. The van der Waals surface area contributed by atoms with Crippen LogP contribution in [0.25, 0.3) is 5.65 Å². The van der Waals surface area contributed by atoms with Gasteiger partial charge in [0.15, 0.2) is 0 Å². The minimum absolute atomic E-state index is 0.0232. The van der Waals surface area contributed by atoms with Crippen LogP contribution in [-0.4, -0.2) is 34.9 Å². The van der Waals surface area contributed by atoms with E-state index >= 15 is 0 Å². The molecule has 6 rings (SSSR count). The fourth-order valence-electron chi connectivity index (χ4n) is 7.75. The van der Waals surface area contributed by atoms with Crippen molar-refractivity contribution in [2.24, 2.45) is 34.3 Å². The van der Waals surface area contributed by atoms with Gasteiger partial charge in [0.05, 0.1) is 5.69 Å². The summed E-state index contributed by atoms with van der Waals surface area (Å²) in [7, 11) is 0. The van der Waals surface area contributed by atoms with E-state index < -0.39 is 0 Å². The van der Waals surface area contributed by atoms with Crippen molar-refractivity contribution < 1.29 is 4.79 Å². The van der Waals surface area contributed by atoms with Crippen molar-refractivity contribution in [3.63, 3.8) is 0 Å². The first-order valence-corrected chi connectivity index (χ1v) is 11.3. The van der Waals surface area contributed by atoms with Crippen LogP contribution in [0.4, 0.5) is 0 Å². The average Bonchev–Trinajstić information content (AvgIpc) is 3.27. The molecule has 4 N–H and O–H groups in total.